The van der Waals surface area contributed by atoms with Crippen LogP contribution >= 0.6 is 0 Å². The highest BCUT2D eigenvalue weighted by molar-refractivity contribution is 5.82. The van der Waals surface area contributed by atoms with Crippen LogP contribution in [-0.2, 0) is 22.6 Å². The average Bonchev–Trinajstić information content (AvgIpc) is 3.15. The Bertz CT molecular complexity index is 991. The fourth-order valence-corrected chi connectivity index (χ4v) is 3.52. The quantitative estimate of drug-likeness (QED) is 0.651. The molecule has 0 saturated carbocycles. The van der Waals surface area contributed by atoms with E-state index in [2.05, 4.69) is 16.3 Å². The molecule has 1 amide bonds. The number of benzene rings is 1. The standard InChI is InChI=1S/C23H28N4O3/c1-17(2)30-20-6-3-18(4-7-20)15-24-22(28)16-27-10-9-19-5-8-21(25-23(19)27)26-11-13-29-14-12-26/h3-10,17H,11-16H2,1-2H3,(H,24,28). The number of hydrogen-bond donors (Lipinski definition) is 1. The molecule has 0 spiro atoms. The van der Waals surface area contributed by atoms with E-state index in [4.69, 9.17) is 14.5 Å². The van der Waals surface area contributed by atoms with Crippen LogP contribution in [0.3, 0.4) is 0 Å². The number of morpholine rings is 1. The van der Waals surface area contributed by atoms with Crippen LogP contribution in [0.5, 0.6) is 5.75 Å². The van der Waals surface area contributed by atoms with Gasteiger partial charge in [0.25, 0.3) is 0 Å². The van der Waals surface area contributed by atoms with Gasteiger partial charge in [-0.25, -0.2) is 4.98 Å². The number of fused-ring (bicyclic) bond motifs is 1. The van der Waals surface area contributed by atoms with E-state index in [1.165, 1.54) is 0 Å². The first-order valence-corrected chi connectivity index (χ1v) is 10.4. The lowest BCUT2D eigenvalue weighted by Crippen LogP contribution is -2.36. The van der Waals surface area contributed by atoms with Gasteiger partial charge in [-0.3, -0.25) is 4.79 Å². The summed E-state index contributed by atoms with van der Waals surface area (Å²) in [6, 6.07) is 13.9. The zero-order valence-corrected chi connectivity index (χ0v) is 17.5. The summed E-state index contributed by atoms with van der Waals surface area (Å²) in [7, 11) is 0. The van der Waals surface area contributed by atoms with Gasteiger partial charge in [0.1, 0.15) is 23.8 Å². The van der Waals surface area contributed by atoms with Gasteiger partial charge in [0.15, 0.2) is 0 Å². The third-order valence-corrected chi connectivity index (χ3v) is 5.03. The van der Waals surface area contributed by atoms with Crippen molar-refractivity contribution < 1.29 is 14.3 Å². The van der Waals surface area contributed by atoms with Crippen LogP contribution < -0.4 is 15.0 Å². The van der Waals surface area contributed by atoms with E-state index in [-0.39, 0.29) is 18.6 Å². The van der Waals surface area contributed by atoms with Crippen LogP contribution in [0.25, 0.3) is 11.0 Å². The Labute approximate surface area is 176 Å². The van der Waals surface area contributed by atoms with Crippen molar-refractivity contribution in [2.24, 2.45) is 0 Å². The predicted molar refractivity (Wildman–Crippen MR) is 117 cm³/mol. The number of rotatable bonds is 7. The van der Waals surface area contributed by atoms with E-state index in [1.807, 2.05) is 61.0 Å². The Morgan fingerprint density at radius 1 is 1.13 bits per heavy atom. The van der Waals surface area contributed by atoms with Crippen LogP contribution in [0.15, 0.2) is 48.7 Å². The van der Waals surface area contributed by atoms with Crippen LogP contribution in [0.1, 0.15) is 19.4 Å². The highest BCUT2D eigenvalue weighted by Crippen LogP contribution is 2.20. The first kappa shape index (κ1) is 20.2. The van der Waals surface area contributed by atoms with E-state index in [0.717, 1.165) is 41.3 Å². The average molecular weight is 409 g/mol. The minimum Gasteiger partial charge on any atom is -0.491 e. The molecule has 3 aromatic rings. The molecule has 158 valence electrons. The van der Waals surface area contributed by atoms with Gasteiger partial charge in [0.05, 0.1) is 19.3 Å². The van der Waals surface area contributed by atoms with Crippen molar-refractivity contribution in [2.45, 2.75) is 33.0 Å². The third-order valence-electron chi connectivity index (χ3n) is 5.03. The molecule has 1 fully saturated rings. The smallest absolute Gasteiger partial charge is 0.240 e. The number of nitrogens with zero attached hydrogens (tertiary/aromatic N) is 3. The van der Waals surface area contributed by atoms with Crippen molar-refractivity contribution in [1.82, 2.24) is 14.9 Å². The minimum atomic E-state index is -0.0476. The summed E-state index contributed by atoms with van der Waals surface area (Å²) >= 11 is 0. The van der Waals surface area contributed by atoms with E-state index in [1.54, 1.807) is 0 Å². The second-order valence-electron chi connectivity index (χ2n) is 7.71. The van der Waals surface area contributed by atoms with Crippen LogP contribution in [0.2, 0.25) is 0 Å². The van der Waals surface area contributed by atoms with Gasteiger partial charge < -0.3 is 24.3 Å². The highest BCUT2D eigenvalue weighted by atomic mass is 16.5. The number of ether oxygens (including phenoxy) is 2. The molecule has 0 radical (unpaired) electrons. The molecule has 2 aromatic heterocycles. The molecule has 7 nitrogen and oxygen atoms in total. The Balaban J connectivity index is 1.38. The lowest BCUT2D eigenvalue weighted by molar-refractivity contribution is -0.121. The van der Waals surface area contributed by atoms with Gasteiger partial charge in [-0.15, -0.1) is 0 Å². The maximum atomic E-state index is 12.5. The fraction of sp³-hybridized carbons (Fsp3) is 0.391. The topological polar surface area (TPSA) is 68.6 Å². The molecule has 1 aliphatic rings. The number of hydrogen-bond acceptors (Lipinski definition) is 5. The van der Waals surface area contributed by atoms with E-state index in [0.29, 0.717) is 19.8 Å². The molecule has 1 aliphatic heterocycles. The summed E-state index contributed by atoms with van der Waals surface area (Å²) < 4.78 is 13.0. The molecule has 4 rings (SSSR count). The molecular formula is C23H28N4O3. The van der Waals surface area contributed by atoms with Gasteiger partial charge >= 0.3 is 0 Å². The minimum absolute atomic E-state index is 0.0476. The van der Waals surface area contributed by atoms with E-state index >= 15 is 0 Å². The SMILES string of the molecule is CC(C)Oc1ccc(CNC(=O)Cn2ccc3ccc(N4CCOCC4)nc32)cc1. The predicted octanol–water partition coefficient (Wildman–Crippen LogP) is 2.98. The zero-order valence-electron chi connectivity index (χ0n) is 17.5. The number of nitrogens with one attached hydrogen (secondary N) is 1. The van der Waals surface area contributed by atoms with Crippen molar-refractivity contribution in [1.29, 1.82) is 0 Å². The van der Waals surface area contributed by atoms with Crippen LogP contribution in [0, 0.1) is 0 Å². The first-order valence-electron chi connectivity index (χ1n) is 10.4. The van der Waals surface area contributed by atoms with Crippen molar-refractivity contribution in [2.75, 3.05) is 31.2 Å². The van der Waals surface area contributed by atoms with Crippen LogP contribution in [-0.4, -0.2) is 47.9 Å². The lowest BCUT2D eigenvalue weighted by atomic mass is 10.2. The maximum absolute atomic E-state index is 12.5. The van der Waals surface area contributed by atoms with Gasteiger partial charge in [0, 0.05) is 31.2 Å². The van der Waals surface area contributed by atoms with Crippen molar-refractivity contribution in [3.8, 4) is 5.75 Å². The summed E-state index contributed by atoms with van der Waals surface area (Å²) in [5, 5.41) is 4.01. The van der Waals surface area contributed by atoms with Gasteiger partial charge in [-0.1, -0.05) is 12.1 Å². The highest BCUT2D eigenvalue weighted by Gasteiger charge is 2.14. The summed E-state index contributed by atoms with van der Waals surface area (Å²) in [6.07, 6.45) is 2.06. The second kappa shape index (κ2) is 9.17. The summed E-state index contributed by atoms with van der Waals surface area (Å²) in [5.74, 6) is 1.71. The summed E-state index contributed by atoms with van der Waals surface area (Å²) in [5.41, 5.74) is 1.86. The molecule has 0 aliphatic carbocycles. The molecule has 3 heterocycles. The third kappa shape index (κ3) is 4.91. The monoisotopic (exact) mass is 408 g/mol. The van der Waals surface area contributed by atoms with Crippen molar-refractivity contribution in [3.05, 3.63) is 54.2 Å². The number of anilines is 1. The molecule has 1 aromatic carbocycles. The van der Waals surface area contributed by atoms with Gasteiger partial charge in [-0.2, -0.15) is 0 Å². The Kier molecular flexibility index (Phi) is 6.18. The number of aromatic nitrogens is 2. The summed E-state index contributed by atoms with van der Waals surface area (Å²) in [6.45, 7) is 7.81. The Morgan fingerprint density at radius 3 is 2.63 bits per heavy atom. The largest absolute Gasteiger partial charge is 0.491 e. The van der Waals surface area contributed by atoms with Crippen molar-refractivity contribution >= 4 is 22.8 Å². The molecule has 0 bridgehead atoms. The van der Waals surface area contributed by atoms with Crippen LogP contribution in [0.4, 0.5) is 5.82 Å². The number of carbonyl (C=O) groups is 1. The molecule has 1 saturated heterocycles. The zero-order chi connectivity index (χ0) is 20.9. The number of amides is 1. The normalized spacial score (nSPS) is 14.3. The van der Waals surface area contributed by atoms with Crippen molar-refractivity contribution in [3.63, 3.8) is 0 Å². The van der Waals surface area contributed by atoms with Gasteiger partial charge in [-0.05, 0) is 49.7 Å². The molecular weight excluding hydrogens is 380 g/mol. The molecule has 0 atom stereocenters. The molecule has 1 N–H and O–H groups in total. The fourth-order valence-electron chi connectivity index (χ4n) is 3.52. The molecule has 0 unspecified atom stereocenters. The molecule has 30 heavy (non-hydrogen) atoms. The summed E-state index contributed by atoms with van der Waals surface area (Å²) in [4.78, 5) is 19.5. The Morgan fingerprint density at radius 2 is 1.90 bits per heavy atom. The van der Waals surface area contributed by atoms with E-state index in [9.17, 15) is 4.79 Å². The number of pyridine rings is 1. The first-order chi connectivity index (χ1) is 14.6. The maximum Gasteiger partial charge on any atom is 0.240 e. The van der Waals surface area contributed by atoms with E-state index < -0.39 is 0 Å². The molecule has 7 heteroatoms. The lowest BCUT2D eigenvalue weighted by Gasteiger charge is -2.27. The second-order valence-corrected chi connectivity index (χ2v) is 7.71. The van der Waals surface area contributed by atoms with Gasteiger partial charge in [0.2, 0.25) is 5.91 Å². The number of carbonyl (C=O) groups excluding carboxylic acids is 1. The Hall–Kier alpha value is -3.06.